The van der Waals surface area contributed by atoms with Crippen molar-refractivity contribution in [3.63, 3.8) is 0 Å². The lowest BCUT2D eigenvalue weighted by Gasteiger charge is -2.26. The number of rotatable bonds is 5. The highest BCUT2D eigenvalue weighted by molar-refractivity contribution is 9.10. The molecule has 1 heterocycles. The maximum absolute atomic E-state index is 5.98. The fraction of sp³-hybridized carbons (Fsp3) is 0.625. The van der Waals surface area contributed by atoms with E-state index in [4.69, 9.17) is 5.73 Å². The van der Waals surface area contributed by atoms with Crippen molar-refractivity contribution in [2.45, 2.75) is 25.8 Å². The molecular weight excluding hydrogens is 314 g/mol. The van der Waals surface area contributed by atoms with Gasteiger partial charge < -0.3 is 15.5 Å². The third-order valence-electron chi connectivity index (χ3n) is 4.02. The first-order chi connectivity index (χ1) is 9.45. The lowest BCUT2D eigenvalue weighted by molar-refractivity contribution is 0.396. The van der Waals surface area contributed by atoms with Crippen LogP contribution < -0.4 is 10.6 Å². The van der Waals surface area contributed by atoms with Gasteiger partial charge >= 0.3 is 0 Å². The Balaban J connectivity index is 2.10. The minimum Gasteiger partial charge on any atom is -0.374 e. The van der Waals surface area contributed by atoms with Gasteiger partial charge in [-0.15, -0.1) is 0 Å². The van der Waals surface area contributed by atoms with Crippen LogP contribution in [0.15, 0.2) is 22.7 Å². The van der Waals surface area contributed by atoms with Gasteiger partial charge in [0.2, 0.25) is 0 Å². The molecule has 0 aliphatic carbocycles. The smallest absolute Gasteiger partial charge is 0.0408 e. The van der Waals surface area contributed by atoms with Gasteiger partial charge in [0.15, 0.2) is 0 Å². The third-order valence-corrected chi connectivity index (χ3v) is 4.51. The summed E-state index contributed by atoms with van der Waals surface area (Å²) in [6, 6.07) is 6.72. The molecule has 2 rings (SSSR count). The van der Waals surface area contributed by atoms with E-state index in [1.165, 1.54) is 30.8 Å². The van der Waals surface area contributed by atoms with Crippen molar-refractivity contribution >= 4 is 21.6 Å². The van der Waals surface area contributed by atoms with E-state index in [0.717, 1.165) is 23.4 Å². The Bertz CT molecular complexity index is 447. The lowest BCUT2D eigenvalue weighted by Crippen LogP contribution is -2.29. The second-order valence-electron chi connectivity index (χ2n) is 6.25. The number of nitrogens with zero attached hydrogens (tertiary/aromatic N) is 2. The average Bonchev–Trinajstić information content (AvgIpc) is 2.76. The van der Waals surface area contributed by atoms with Crippen LogP contribution in [0.3, 0.4) is 0 Å². The highest BCUT2D eigenvalue weighted by Crippen LogP contribution is 2.27. The molecule has 0 amide bonds. The maximum atomic E-state index is 5.98. The Morgan fingerprint density at radius 2 is 2.25 bits per heavy atom. The molecule has 3 nitrogen and oxygen atoms in total. The molecule has 0 spiro atoms. The van der Waals surface area contributed by atoms with Crippen LogP contribution >= 0.6 is 15.9 Å². The van der Waals surface area contributed by atoms with Gasteiger partial charge in [-0.1, -0.05) is 22.0 Å². The first-order valence-electron chi connectivity index (χ1n) is 7.39. The number of hydrogen-bond acceptors (Lipinski definition) is 3. The molecule has 0 saturated carbocycles. The summed E-state index contributed by atoms with van der Waals surface area (Å²) in [5.41, 5.74) is 8.63. The normalized spacial score (nSPS) is 21.1. The Hall–Kier alpha value is -0.580. The van der Waals surface area contributed by atoms with Gasteiger partial charge in [0.1, 0.15) is 0 Å². The molecule has 2 unspecified atom stereocenters. The quantitative estimate of drug-likeness (QED) is 0.895. The van der Waals surface area contributed by atoms with E-state index in [9.17, 15) is 0 Å². The summed E-state index contributed by atoms with van der Waals surface area (Å²) in [4.78, 5) is 4.81. The van der Waals surface area contributed by atoms with Crippen molar-refractivity contribution in [2.24, 2.45) is 11.7 Å². The molecular formula is C16H26BrN3. The van der Waals surface area contributed by atoms with Crippen LogP contribution in [-0.2, 0) is 6.42 Å². The second-order valence-corrected chi connectivity index (χ2v) is 7.17. The van der Waals surface area contributed by atoms with Crippen LogP contribution in [0.4, 0.5) is 5.69 Å². The Morgan fingerprint density at radius 3 is 2.85 bits per heavy atom. The van der Waals surface area contributed by atoms with Gasteiger partial charge in [0, 0.05) is 36.3 Å². The molecule has 1 aromatic carbocycles. The summed E-state index contributed by atoms with van der Waals surface area (Å²) >= 11 is 3.59. The monoisotopic (exact) mass is 339 g/mol. The van der Waals surface area contributed by atoms with E-state index >= 15 is 0 Å². The number of hydrogen-bond donors (Lipinski definition) is 1. The van der Waals surface area contributed by atoms with E-state index in [-0.39, 0.29) is 6.04 Å². The van der Waals surface area contributed by atoms with Crippen molar-refractivity contribution in [3.05, 3.63) is 28.2 Å². The Morgan fingerprint density at radius 1 is 1.50 bits per heavy atom. The van der Waals surface area contributed by atoms with Crippen LogP contribution in [0.2, 0.25) is 0 Å². The molecule has 112 valence electrons. The molecule has 1 aliphatic heterocycles. The number of halogens is 1. The molecule has 2 atom stereocenters. The molecule has 20 heavy (non-hydrogen) atoms. The van der Waals surface area contributed by atoms with E-state index in [1.807, 2.05) is 0 Å². The minimum atomic E-state index is 0.195. The predicted molar refractivity (Wildman–Crippen MR) is 90.4 cm³/mol. The summed E-state index contributed by atoms with van der Waals surface area (Å²) in [5.74, 6) is 0.770. The van der Waals surface area contributed by atoms with Gasteiger partial charge in [-0.3, -0.25) is 0 Å². The zero-order chi connectivity index (χ0) is 14.7. The summed E-state index contributed by atoms with van der Waals surface area (Å²) < 4.78 is 1.14. The van der Waals surface area contributed by atoms with Gasteiger partial charge in [-0.2, -0.15) is 0 Å². The summed E-state index contributed by atoms with van der Waals surface area (Å²) in [6.45, 7) is 5.62. The van der Waals surface area contributed by atoms with Crippen LogP contribution in [0, 0.1) is 5.92 Å². The molecule has 1 fully saturated rings. The van der Waals surface area contributed by atoms with Gasteiger partial charge in [-0.25, -0.2) is 0 Å². The van der Waals surface area contributed by atoms with Crippen molar-refractivity contribution in [3.8, 4) is 0 Å². The van der Waals surface area contributed by atoms with Crippen LogP contribution in [0.1, 0.15) is 18.9 Å². The van der Waals surface area contributed by atoms with E-state index in [2.05, 4.69) is 64.9 Å². The Labute approximate surface area is 131 Å². The molecule has 1 saturated heterocycles. The van der Waals surface area contributed by atoms with Crippen molar-refractivity contribution in [1.82, 2.24) is 4.90 Å². The van der Waals surface area contributed by atoms with Crippen LogP contribution in [0.25, 0.3) is 0 Å². The Kier molecular flexibility index (Phi) is 5.47. The highest BCUT2D eigenvalue weighted by Gasteiger charge is 2.21. The number of anilines is 1. The van der Waals surface area contributed by atoms with Gasteiger partial charge in [0.25, 0.3) is 0 Å². The minimum absolute atomic E-state index is 0.195. The zero-order valence-electron chi connectivity index (χ0n) is 12.8. The second kappa shape index (κ2) is 6.92. The first kappa shape index (κ1) is 15.8. The van der Waals surface area contributed by atoms with Crippen molar-refractivity contribution < 1.29 is 0 Å². The lowest BCUT2D eigenvalue weighted by atomic mass is 10.0. The van der Waals surface area contributed by atoms with Crippen molar-refractivity contribution in [1.29, 1.82) is 0 Å². The van der Waals surface area contributed by atoms with Crippen LogP contribution in [-0.4, -0.2) is 44.7 Å². The fourth-order valence-corrected chi connectivity index (χ4v) is 3.42. The number of nitrogens with two attached hydrogens (primary N) is 1. The molecule has 2 N–H and O–H groups in total. The largest absolute Gasteiger partial charge is 0.374 e. The summed E-state index contributed by atoms with van der Waals surface area (Å²) in [7, 11) is 4.41. The predicted octanol–water partition coefficient (Wildman–Crippen LogP) is 2.73. The molecule has 1 aliphatic rings. The SMILES string of the molecule is CC(N)Cc1ccc(Br)cc1N(C)CC1CCN(C)C1. The standard InChI is InChI=1S/C16H26BrN3/c1-12(18)8-14-4-5-15(17)9-16(14)20(3)11-13-6-7-19(2)10-13/h4-5,9,12-13H,6-8,10-11,18H2,1-3H3. The molecule has 4 heteroatoms. The molecule has 0 aromatic heterocycles. The first-order valence-corrected chi connectivity index (χ1v) is 8.18. The van der Waals surface area contributed by atoms with Crippen LogP contribution in [0.5, 0.6) is 0 Å². The van der Waals surface area contributed by atoms with E-state index in [0.29, 0.717) is 0 Å². The van der Waals surface area contributed by atoms with E-state index in [1.54, 1.807) is 0 Å². The molecule has 0 bridgehead atoms. The van der Waals surface area contributed by atoms with Crippen molar-refractivity contribution in [2.75, 3.05) is 38.6 Å². The fourth-order valence-electron chi connectivity index (χ4n) is 3.07. The van der Waals surface area contributed by atoms with Gasteiger partial charge in [0.05, 0.1) is 0 Å². The summed E-state index contributed by atoms with van der Waals surface area (Å²) in [5, 5.41) is 0. The summed E-state index contributed by atoms with van der Waals surface area (Å²) in [6.07, 6.45) is 2.23. The average molecular weight is 340 g/mol. The van der Waals surface area contributed by atoms with Gasteiger partial charge in [-0.05, 0) is 57.0 Å². The molecule has 1 aromatic rings. The topological polar surface area (TPSA) is 32.5 Å². The zero-order valence-corrected chi connectivity index (χ0v) is 14.4. The third kappa shape index (κ3) is 4.21. The number of likely N-dealkylation sites (tertiary alicyclic amines) is 1. The highest BCUT2D eigenvalue weighted by atomic mass is 79.9. The van der Waals surface area contributed by atoms with E-state index < -0.39 is 0 Å². The number of benzene rings is 1. The maximum Gasteiger partial charge on any atom is 0.0408 e. The molecule has 0 radical (unpaired) electrons.